The molecule has 0 fully saturated rings. The Morgan fingerprint density at radius 1 is 1.67 bits per heavy atom. The maximum atomic E-state index is 5.02. The summed E-state index contributed by atoms with van der Waals surface area (Å²) >= 11 is 6.44. The van der Waals surface area contributed by atoms with Gasteiger partial charge in [-0.1, -0.05) is 11.3 Å². The minimum Gasteiger partial charge on any atom is -0.495 e. The van der Waals surface area contributed by atoms with Crippen LogP contribution in [0.2, 0.25) is 0 Å². The number of aromatic nitrogens is 2. The predicted octanol–water partition coefficient (Wildman–Crippen LogP) is 2.36. The lowest BCUT2D eigenvalue weighted by Gasteiger charge is -1.96. The van der Waals surface area contributed by atoms with Gasteiger partial charge in [0.25, 0.3) is 0 Å². The van der Waals surface area contributed by atoms with Gasteiger partial charge in [0.2, 0.25) is 0 Å². The lowest BCUT2D eigenvalue weighted by atomic mass is 10.4. The van der Waals surface area contributed by atoms with Crippen LogP contribution in [0.5, 0.6) is 5.75 Å². The number of rotatable bonds is 1. The minimum atomic E-state index is 0.741. The molecule has 3 nitrogen and oxygen atoms in total. The van der Waals surface area contributed by atoms with Crippen LogP contribution in [0.3, 0.4) is 0 Å². The molecule has 0 atom stereocenters. The van der Waals surface area contributed by atoms with E-state index < -0.39 is 0 Å². The van der Waals surface area contributed by atoms with Crippen molar-refractivity contribution in [2.75, 3.05) is 7.11 Å². The molecule has 0 spiro atoms. The molecule has 2 aromatic heterocycles. The third-order valence-corrected chi connectivity index (χ3v) is 2.65. The van der Waals surface area contributed by atoms with Gasteiger partial charge in [0.15, 0.2) is 3.95 Å². The molecule has 2 aromatic rings. The molecule has 0 aliphatic carbocycles. The largest absolute Gasteiger partial charge is 0.495 e. The summed E-state index contributed by atoms with van der Waals surface area (Å²) in [5.41, 5.74) is 0.935. The summed E-state index contributed by atoms with van der Waals surface area (Å²) in [5.74, 6) is 0.742. The molecular formula is C7H6N2OS2. The summed E-state index contributed by atoms with van der Waals surface area (Å²) in [6, 6.07) is 1.88. The SMILES string of the molecule is COc1cnc2sc(=S)[nH]c2c1. The summed E-state index contributed by atoms with van der Waals surface area (Å²) in [4.78, 5) is 8.11. The van der Waals surface area contributed by atoms with Crippen LogP contribution in [0, 0.1) is 3.95 Å². The van der Waals surface area contributed by atoms with Crippen molar-refractivity contribution in [3.63, 3.8) is 0 Å². The number of fused-ring (bicyclic) bond motifs is 1. The van der Waals surface area contributed by atoms with Crippen molar-refractivity contribution in [1.82, 2.24) is 9.97 Å². The van der Waals surface area contributed by atoms with Gasteiger partial charge in [-0.25, -0.2) is 4.98 Å². The first-order chi connectivity index (χ1) is 5.79. The van der Waals surface area contributed by atoms with Crippen LogP contribution in [0.15, 0.2) is 12.3 Å². The molecule has 2 heterocycles. The van der Waals surface area contributed by atoms with Crippen LogP contribution < -0.4 is 4.74 Å². The number of H-pyrrole nitrogens is 1. The van der Waals surface area contributed by atoms with Gasteiger partial charge in [-0.05, 0) is 12.2 Å². The first-order valence-electron chi connectivity index (χ1n) is 3.32. The van der Waals surface area contributed by atoms with Gasteiger partial charge < -0.3 is 9.72 Å². The number of hydrogen-bond donors (Lipinski definition) is 1. The number of methoxy groups -OCH3 is 1. The second-order valence-electron chi connectivity index (χ2n) is 2.24. The number of pyridine rings is 1. The Kier molecular flexibility index (Phi) is 1.82. The van der Waals surface area contributed by atoms with Gasteiger partial charge in [-0.3, -0.25) is 0 Å². The van der Waals surface area contributed by atoms with Crippen molar-refractivity contribution in [2.24, 2.45) is 0 Å². The standard InChI is InChI=1S/C7H6N2OS2/c1-10-4-2-5-6(8-3-4)12-7(11)9-5/h2-3H,1H3,(H,9,11). The van der Waals surface area contributed by atoms with Gasteiger partial charge >= 0.3 is 0 Å². The number of thiazole rings is 1. The van der Waals surface area contributed by atoms with Crippen LogP contribution in [0.4, 0.5) is 0 Å². The summed E-state index contributed by atoms with van der Waals surface area (Å²) in [6.07, 6.45) is 1.68. The molecule has 0 radical (unpaired) electrons. The van der Waals surface area contributed by atoms with Crippen molar-refractivity contribution < 1.29 is 4.74 Å². The number of aromatic amines is 1. The molecule has 2 rings (SSSR count). The second kappa shape index (κ2) is 2.84. The fourth-order valence-corrected chi connectivity index (χ4v) is 1.95. The molecule has 5 heteroatoms. The zero-order valence-corrected chi connectivity index (χ0v) is 7.96. The Morgan fingerprint density at radius 2 is 2.50 bits per heavy atom. The average molecular weight is 198 g/mol. The highest BCUT2D eigenvalue weighted by atomic mass is 32.1. The van der Waals surface area contributed by atoms with Crippen molar-refractivity contribution in [1.29, 1.82) is 0 Å². The number of nitrogens with zero attached hydrogens (tertiary/aromatic N) is 1. The molecular weight excluding hydrogens is 192 g/mol. The normalized spacial score (nSPS) is 10.4. The molecule has 62 valence electrons. The van der Waals surface area contributed by atoms with E-state index in [1.165, 1.54) is 11.3 Å². The Morgan fingerprint density at radius 3 is 3.25 bits per heavy atom. The average Bonchev–Trinajstić information content (AvgIpc) is 2.43. The highest BCUT2D eigenvalue weighted by Gasteiger charge is 1.99. The lowest BCUT2D eigenvalue weighted by Crippen LogP contribution is -1.83. The highest BCUT2D eigenvalue weighted by Crippen LogP contribution is 2.20. The molecule has 0 saturated carbocycles. The summed E-state index contributed by atoms with van der Waals surface area (Å²) in [6.45, 7) is 0. The third-order valence-electron chi connectivity index (χ3n) is 1.49. The van der Waals surface area contributed by atoms with Crippen LogP contribution >= 0.6 is 23.6 Å². The third kappa shape index (κ3) is 1.21. The monoisotopic (exact) mass is 198 g/mol. The summed E-state index contributed by atoms with van der Waals surface area (Å²) < 4.78 is 5.76. The Labute approximate surface area is 78.0 Å². The molecule has 0 aliphatic heterocycles. The first kappa shape index (κ1) is 7.70. The molecule has 0 aliphatic rings. The smallest absolute Gasteiger partial charge is 0.160 e. The van der Waals surface area contributed by atoms with Crippen molar-refractivity contribution in [3.05, 3.63) is 16.2 Å². The summed E-state index contributed by atoms with van der Waals surface area (Å²) in [7, 11) is 1.61. The van der Waals surface area contributed by atoms with Gasteiger partial charge in [0.1, 0.15) is 10.6 Å². The van der Waals surface area contributed by atoms with Gasteiger partial charge in [0, 0.05) is 6.07 Å². The Balaban J connectivity index is 2.74. The van der Waals surface area contributed by atoms with E-state index in [0.717, 1.165) is 20.1 Å². The van der Waals surface area contributed by atoms with E-state index in [2.05, 4.69) is 9.97 Å². The second-order valence-corrected chi connectivity index (χ2v) is 3.91. The zero-order valence-electron chi connectivity index (χ0n) is 6.33. The topological polar surface area (TPSA) is 37.9 Å². The van der Waals surface area contributed by atoms with Gasteiger partial charge in [-0.2, -0.15) is 0 Å². The molecule has 0 unspecified atom stereocenters. The summed E-state index contributed by atoms with van der Waals surface area (Å²) in [5, 5.41) is 0. The van der Waals surface area contributed by atoms with E-state index in [-0.39, 0.29) is 0 Å². The predicted molar refractivity (Wildman–Crippen MR) is 51.4 cm³/mol. The van der Waals surface area contributed by atoms with Crippen LogP contribution in [0.25, 0.3) is 10.3 Å². The lowest BCUT2D eigenvalue weighted by molar-refractivity contribution is 0.413. The fraction of sp³-hybridized carbons (Fsp3) is 0.143. The molecule has 12 heavy (non-hydrogen) atoms. The molecule has 1 N–H and O–H groups in total. The number of nitrogens with one attached hydrogen (secondary N) is 1. The van der Waals surface area contributed by atoms with Crippen molar-refractivity contribution in [3.8, 4) is 5.75 Å². The van der Waals surface area contributed by atoms with Gasteiger partial charge in [-0.15, -0.1) is 0 Å². The molecule has 0 bridgehead atoms. The van der Waals surface area contributed by atoms with E-state index >= 15 is 0 Å². The maximum absolute atomic E-state index is 5.02. The van der Waals surface area contributed by atoms with E-state index in [1.807, 2.05) is 6.07 Å². The molecule has 0 amide bonds. The van der Waals surface area contributed by atoms with E-state index in [4.69, 9.17) is 17.0 Å². The highest BCUT2D eigenvalue weighted by molar-refractivity contribution is 7.73. The van der Waals surface area contributed by atoms with E-state index in [1.54, 1.807) is 13.3 Å². The fourth-order valence-electron chi connectivity index (χ4n) is 0.939. The van der Waals surface area contributed by atoms with Crippen molar-refractivity contribution in [2.45, 2.75) is 0 Å². The Hall–Kier alpha value is -0.940. The van der Waals surface area contributed by atoms with Crippen LogP contribution in [-0.4, -0.2) is 17.1 Å². The minimum absolute atomic E-state index is 0.741. The number of ether oxygens (including phenoxy) is 1. The van der Waals surface area contributed by atoms with Crippen LogP contribution in [0.1, 0.15) is 0 Å². The first-order valence-corrected chi connectivity index (χ1v) is 4.55. The zero-order chi connectivity index (χ0) is 8.55. The van der Waals surface area contributed by atoms with E-state index in [9.17, 15) is 0 Å². The van der Waals surface area contributed by atoms with Crippen LogP contribution in [-0.2, 0) is 0 Å². The molecule has 0 aromatic carbocycles. The van der Waals surface area contributed by atoms with E-state index in [0.29, 0.717) is 0 Å². The molecule has 0 saturated heterocycles. The quantitative estimate of drug-likeness (QED) is 0.715. The van der Waals surface area contributed by atoms with Gasteiger partial charge in [0.05, 0.1) is 18.8 Å². The maximum Gasteiger partial charge on any atom is 0.160 e. The Bertz CT molecular complexity index is 460. The number of hydrogen-bond acceptors (Lipinski definition) is 4. The van der Waals surface area contributed by atoms with Crippen molar-refractivity contribution >= 4 is 33.9 Å².